The molecule has 0 bridgehead atoms. The summed E-state index contributed by atoms with van der Waals surface area (Å²) in [5.41, 5.74) is -3.73. The highest BCUT2D eigenvalue weighted by atomic mass is 32.1. The van der Waals surface area contributed by atoms with E-state index in [1.807, 2.05) is 0 Å². The number of benzene rings is 1. The molecule has 0 atom stereocenters. The van der Waals surface area contributed by atoms with E-state index in [9.17, 15) is 22.8 Å². The number of nitrogens with one attached hydrogen (secondary N) is 1. The minimum atomic E-state index is -4.89. The lowest BCUT2D eigenvalue weighted by molar-refractivity contribution is -0.138. The largest absolute Gasteiger partial charge is 0.419 e. The van der Waals surface area contributed by atoms with Crippen LogP contribution in [0.2, 0.25) is 0 Å². The number of hydrogen-bond acceptors (Lipinski definition) is 6. The van der Waals surface area contributed by atoms with E-state index in [0.29, 0.717) is 25.3 Å². The lowest BCUT2D eigenvalue weighted by Gasteiger charge is -2.43. The van der Waals surface area contributed by atoms with E-state index in [-0.39, 0.29) is 27.9 Å². The zero-order valence-electron chi connectivity index (χ0n) is 19.3. The molecule has 2 fully saturated rings. The minimum absolute atomic E-state index is 0.162. The molecule has 8 nitrogen and oxygen atoms in total. The molecule has 192 valence electrons. The van der Waals surface area contributed by atoms with Gasteiger partial charge in [-0.25, -0.2) is 14.4 Å². The van der Waals surface area contributed by atoms with Gasteiger partial charge in [-0.05, 0) is 67.9 Å². The predicted octanol–water partition coefficient (Wildman–Crippen LogP) is 4.82. The molecule has 1 aliphatic carbocycles. The molecular formula is C25H16F4N6O2S. The molecule has 2 aliphatic rings. The second-order valence-electron chi connectivity index (χ2n) is 8.68. The number of halogens is 4. The molecule has 5 rings (SSSR count). The number of thiocarbonyl (C=S) groups is 1. The van der Waals surface area contributed by atoms with Crippen LogP contribution in [-0.4, -0.2) is 32.4 Å². The molecule has 3 aromatic rings. The lowest BCUT2D eigenvalue weighted by Crippen LogP contribution is -2.55. The van der Waals surface area contributed by atoms with Gasteiger partial charge in [-0.2, -0.15) is 18.4 Å². The maximum absolute atomic E-state index is 15.1. The Hall–Kier alpha value is -4.44. The first-order valence-corrected chi connectivity index (χ1v) is 11.7. The highest BCUT2D eigenvalue weighted by Gasteiger charge is 2.60. The monoisotopic (exact) mass is 540 g/mol. The van der Waals surface area contributed by atoms with E-state index in [1.165, 1.54) is 35.4 Å². The Balaban J connectivity index is 1.50. The molecule has 1 saturated carbocycles. The van der Waals surface area contributed by atoms with Gasteiger partial charge in [0.15, 0.2) is 10.8 Å². The van der Waals surface area contributed by atoms with Crippen molar-refractivity contribution >= 4 is 46.3 Å². The second kappa shape index (κ2) is 9.14. The van der Waals surface area contributed by atoms with Crippen molar-refractivity contribution in [2.75, 3.05) is 15.1 Å². The molecule has 1 aromatic carbocycles. The van der Waals surface area contributed by atoms with Gasteiger partial charge in [0.2, 0.25) is 0 Å². The van der Waals surface area contributed by atoms with Gasteiger partial charge < -0.3 is 10.2 Å². The molecule has 3 heterocycles. The molecular weight excluding hydrogens is 524 g/mol. The van der Waals surface area contributed by atoms with Crippen LogP contribution < -0.4 is 15.1 Å². The average molecular weight is 541 g/mol. The van der Waals surface area contributed by atoms with Crippen LogP contribution in [0.1, 0.15) is 40.9 Å². The lowest BCUT2D eigenvalue weighted by atomic mass is 9.75. The Morgan fingerprint density at radius 3 is 2.47 bits per heavy atom. The number of amides is 2. The maximum Gasteiger partial charge on any atom is 0.419 e. The van der Waals surface area contributed by atoms with Crippen molar-refractivity contribution in [3.05, 3.63) is 77.5 Å². The SMILES string of the molecule is N#Cc1ncc(N2C(=O)C3(CCC3)N(c3ccc(C(=O)Nc4ccccn4)c(F)c3)C2=S)cc1C(F)(F)F. The highest BCUT2D eigenvalue weighted by Crippen LogP contribution is 2.48. The zero-order chi connectivity index (χ0) is 27.2. The fourth-order valence-corrected chi connectivity index (χ4v) is 5.01. The van der Waals surface area contributed by atoms with Crippen molar-refractivity contribution in [3.8, 4) is 6.07 Å². The number of pyridine rings is 2. The Kier molecular flexibility index (Phi) is 6.07. The van der Waals surface area contributed by atoms with Crippen LogP contribution in [0.25, 0.3) is 0 Å². The topological polar surface area (TPSA) is 102 Å². The molecule has 0 unspecified atom stereocenters. The summed E-state index contributed by atoms with van der Waals surface area (Å²) < 4.78 is 55.7. The smallest absolute Gasteiger partial charge is 0.306 e. The zero-order valence-corrected chi connectivity index (χ0v) is 20.1. The number of carbonyl (C=O) groups excluding carboxylic acids is 2. The van der Waals surface area contributed by atoms with E-state index in [1.54, 1.807) is 12.1 Å². The van der Waals surface area contributed by atoms with Crippen molar-refractivity contribution in [1.29, 1.82) is 5.26 Å². The first-order chi connectivity index (χ1) is 18.1. The summed E-state index contributed by atoms with van der Waals surface area (Å²) in [4.78, 5) is 36.0. The van der Waals surface area contributed by atoms with E-state index in [2.05, 4.69) is 15.3 Å². The number of nitrogens with zero attached hydrogens (tertiary/aromatic N) is 5. The van der Waals surface area contributed by atoms with Gasteiger partial charge in [0.1, 0.15) is 23.2 Å². The highest BCUT2D eigenvalue weighted by molar-refractivity contribution is 7.81. The van der Waals surface area contributed by atoms with Gasteiger partial charge in [-0.1, -0.05) is 6.07 Å². The van der Waals surface area contributed by atoms with Gasteiger partial charge in [-0.3, -0.25) is 14.5 Å². The third kappa shape index (κ3) is 4.03. The summed E-state index contributed by atoms with van der Waals surface area (Å²) in [6.45, 7) is 0. The third-order valence-electron chi connectivity index (χ3n) is 6.50. The Bertz CT molecular complexity index is 1520. The van der Waals surface area contributed by atoms with Gasteiger partial charge in [0.25, 0.3) is 11.8 Å². The fraction of sp³-hybridized carbons (Fsp3) is 0.200. The average Bonchev–Trinajstić information content (AvgIpc) is 3.10. The molecule has 1 saturated heterocycles. The molecule has 13 heteroatoms. The van der Waals surface area contributed by atoms with E-state index < -0.39 is 40.6 Å². The summed E-state index contributed by atoms with van der Waals surface area (Å²) in [6, 6.07) is 10.6. The quantitative estimate of drug-likeness (QED) is 0.374. The van der Waals surface area contributed by atoms with E-state index in [0.717, 1.165) is 17.2 Å². The Morgan fingerprint density at radius 2 is 1.89 bits per heavy atom. The standard InChI is InChI=1S/C25H16F4N6O2S/c26-18-11-14(5-6-16(18)21(36)33-20-4-1-2-9-31-20)35-23(38)34(22(37)24(35)7-3-8-24)15-10-17(25(27,28)29)19(12-30)32-13-15/h1-2,4-6,9-11,13H,3,7-8H2,(H,31,33,36). The van der Waals surface area contributed by atoms with Gasteiger partial charge in [0.05, 0.1) is 23.0 Å². The predicted molar refractivity (Wildman–Crippen MR) is 132 cm³/mol. The van der Waals surface area contributed by atoms with Crippen LogP contribution in [0.15, 0.2) is 54.9 Å². The van der Waals surface area contributed by atoms with E-state index in [4.69, 9.17) is 17.5 Å². The second-order valence-corrected chi connectivity index (χ2v) is 9.04. The number of carbonyl (C=O) groups is 2. The molecule has 1 spiro atoms. The maximum atomic E-state index is 15.1. The molecule has 1 aliphatic heterocycles. The third-order valence-corrected chi connectivity index (χ3v) is 6.86. The van der Waals surface area contributed by atoms with Gasteiger partial charge in [0, 0.05) is 11.9 Å². The normalized spacial score (nSPS) is 16.4. The fourth-order valence-electron chi connectivity index (χ4n) is 4.54. The molecule has 2 aromatic heterocycles. The van der Waals surface area contributed by atoms with Crippen molar-refractivity contribution in [1.82, 2.24) is 9.97 Å². The Morgan fingerprint density at radius 1 is 1.13 bits per heavy atom. The summed E-state index contributed by atoms with van der Waals surface area (Å²) in [7, 11) is 0. The summed E-state index contributed by atoms with van der Waals surface area (Å²) >= 11 is 5.51. The minimum Gasteiger partial charge on any atom is -0.306 e. The van der Waals surface area contributed by atoms with Crippen LogP contribution in [0.4, 0.5) is 34.8 Å². The first kappa shape index (κ1) is 25.2. The summed E-state index contributed by atoms with van der Waals surface area (Å²) in [6.07, 6.45) is -1.14. The van der Waals surface area contributed by atoms with E-state index >= 15 is 4.39 Å². The van der Waals surface area contributed by atoms with Crippen LogP contribution >= 0.6 is 12.2 Å². The number of rotatable bonds is 4. The van der Waals surface area contributed by atoms with Crippen LogP contribution in [0.3, 0.4) is 0 Å². The molecule has 2 amide bonds. The van der Waals surface area contributed by atoms with Gasteiger partial charge >= 0.3 is 6.18 Å². The summed E-state index contributed by atoms with van der Waals surface area (Å²) in [5, 5.41) is 11.4. The van der Waals surface area contributed by atoms with Crippen molar-refractivity contribution in [2.45, 2.75) is 31.0 Å². The van der Waals surface area contributed by atoms with Crippen LogP contribution in [0.5, 0.6) is 0 Å². The summed E-state index contributed by atoms with van der Waals surface area (Å²) in [5.74, 6) is -1.98. The number of hydrogen-bond donors (Lipinski definition) is 1. The number of nitriles is 1. The number of aromatic nitrogens is 2. The Labute approximate surface area is 218 Å². The molecule has 1 N–H and O–H groups in total. The molecule has 0 radical (unpaired) electrons. The number of anilines is 3. The van der Waals surface area contributed by atoms with Crippen LogP contribution in [0, 0.1) is 17.1 Å². The van der Waals surface area contributed by atoms with Gasteiger partial charge in [-0.15, -0.1) is 0 Å². The van der Waals surface area contributed by atoms with Crippen molar-refractivity contribution in [2.24, 2.45) is 0 Å². The first-order valence-electron chi connectivity index (χ1n) is 11.2. The van der Waals surface area contributed by atoms with Crippen LogP contribution in [-0.2, 0) is 11.0 Å². The molecule has 38 heavy (non-hydrogen) atoms. The van der Waals surface area contributed by atoms with Crippen molar-refractivity contribution in [3.63, 3.8) is 0 Å². The number of alkyl halides is 3. The van der Waals surface area contributed by atoms with Crippen molar-refractivity contribution < 1.29 is 27.2 Å².